The summed E-state index contributed by atoms with van der Waals surface area (Å²) < 4.78 is 0. The Balaban J connectivity index is 1.68. The van der Waals surface area contributed by atoms with Crippen molar-refractivity contribution in [3.63, 3.8) is 0 Å². The molecule has 5 nitrogen and oxygen atoms in total. The Morgan fingerprint density at radius 2 is 2.56 bits per heavy atom. The number of carbonyl (C=O) groups excluding carboxylic acids is 1. The lowest BCUT2D eigenvalue weighted by atomic mass is 9.94. The molecule has 1 aliphatic heterocycles. The first-order chi connectivity index (χ1) is 8.75. The van der Waals surface area contributed by atoms with E-state index in [1.54, 1.807) is 6.20 Å². The fraction of sp³-hybridized carbons (Fsp3) is 0.692. The van der Waals surface area contributed by atoms with Crippen molar-refractivity contribution in [2.75, 3.05) is 13.1 Å². The normalized spacial score (nSPS) is 21.5. The molecule has 1 fully saturated rings. The average molecular weight is 250 g/mol. The molecule has 1 amide bonds. The van der Waals surface area contributed by atoms with E-state index in [0.717, 1.165) is 25.1 Å². The summed E-state index contributed by atoms with van der Waals surface area (Å²) in [6.45, 7) is 4.16. The molecule has 0 bridgehead atoms. The summed E-state index contributed by atoms with van der Waals surface area (Å²) >= 11 is 0. The molecule has 0 saturated carbocycles. The molecule has 2 rings (SSSR count). The number of rotatable bonds is 5. The number of hydrogen-bond donors (Lipinski definition) is 3. The van der Waals surface area contributed by atoms with Gasteiger partial charge in [-0.15, -0.1) is 0 Å². The molecule has 0 spiro atoms. The van der Waals surface area contributed by atoms with Crippen molar-refractivity contribution in [2.45, 2.75) is 38.6 Å². The Hall–Kier alpha value is -1.36. The van der Waals surface area contributed by atoms with E-state index >= 15 is 0 Å². The fourth-order valence-corrected chi connectivity index (χ4v) is 2.40. The predicted octanol–water partition coefficient (Wildman–Crippen LogP) is 1.37. The van der Waals surface area contributed by atoms with E-state index in [-0.39, 0.29) is 11.9 Å². The number of piperidine rings is 1. The van der Waals surface area contributed by atoms with Crippen molar-refractivity contribution in [1.29, 1.82) is 0 Å². The zero-order valence-corrected chi connectivity index (χ0v) is 10.9. The summed E-state index contributed by atoms with van der Waals surface area (Å²) in [4.78, 5) is 11.8. The third-order valence-corrected chi connectivity index (χ3v) is 3.58. The first-order valence-electron chi connectivity index (χ1n) is 6.74. The van der Waals surface area contributed by atoms with E-state index in [4.69, 9.17) is 0 Å². The van der Waals surface area contributed by atoms with E-state index in [9.17, 15) is 4.79 Å². The van der Waals surface area contributed by atoms with Crippen LogP contribution in [0, 0.1) is 5.92 Å². The lowest BCUT2D eigenvalue weighted by Crippen LogP contribution is -2.31. The summed E-state index contributed by atoms with van der Waals surface area (Å²) in [7, 11) is 0. The smallest absolute Gasteiger partial charge is 0.220 e. The van der Waals surface area contributed by atoms with E-state index < -0.39 is 0 Å². The first-order valence-corrected chi connectivity index (χ1v) is 6.74. The van der Waals surface area contributed by atoms with Crippen LogP contribution in [0.2, 0.25) is 0 Å². The molecule has 3 N–H and O–H groups in total. The molecule has 2 unspecified atom stereocenters. The quantitative estimate of drug-likeness (QED) is 0.739. The molecule has 0 aliphatic carbocycles. The molecule has 18 heavy (non-hydrogen) atoms. The third-order valence-electron chi connectivity index (χ3n) is 3.58. The Labute approximate surface area is 108 Å². The van der Waals surface area contributed by atoms with Crippen LogP contribution in [0.4, 0.5) is 0 Å². The molecule has 1 aromatic heterocycles. The summed E-state index contributed by atoms with van der Waals surface area (Å²) in [5.41, 5.74) is 1.02. The minimum atomic E-state index is 0.0285. The third kappa shape index (κ3) is 3.84. The van der Waals surface area contributed by atoms with Crippen LogP contribution in [0.1, 0.15) is 44.2 Å². The number of amides is 1. The molecule has 100 valence electrons. The number of aromatic nitrogens is 2. The second-order valence-electron chi connectivity index (χ2n) is 5.07. The number of hydrogen-bond acceptors (Lipinski definition) is 3. The highest BCUT2D eigenvalue weighted by Gasteiger charge is 2.15. The molecular weight excluding hydrogens is 228 g/mol. The van der Waals surface area contributed by atoms with Crippen molar-refractivity contribution in [3.8, 4) is 0 Å². The van der Waals surface area contributed by atoms with Crippen molar-refractivity contribution >= 4 is 5.91 Å². The molecule has 0 radical (unpaired) electrons. The van der Waals surface area contributed by atoms with Gasteiger partial charge in [-0.05, 0) is 45.2 Å². The number of carbonyl (C=O) groups is 1. The van der Waals surface area contributed by atoms with E-state index in [0.29, 0.717) is 12.3 Å². The summed E-state index contributed by atoms with van der Waals surface area (Å²) in [5, 5.41) is 13.0. The maximum Gasteiger partial charge on any atom is 0.220 e. The minimum Gasteiger partial charge on any atom is -0.349 e. The Kier molecular flexibility index (Phi) is 4.75. The second kappa shape index (κ2) is 6.54. The molecule has 2 heterocycles. The lowest BCUT2D eigenvalue weighted by molar-refractivity contribution is -0.122. The van der Waals surface area contributed by atoms with E-state index in [1.807, 2.05) is 13.1 Å². The largest absolute Gasteiger partial charge is 0.349 e. The van der Waals surface area contributed by atoms with Gasteiger partial charge in [0.05, 0.1) is 12.2 Å². The number of H-pyrrole nitrogens is 1. The van der Waals surface area contributed by atoms with Crippen molar-refractivity contribution in [1.82, 2.24) is 20.8 Å². The van der Waals surface area contributed by atoms with Crippen molar-refractivity contribution in [3.05, 3.63) is 18.0 Å². The minimum absolute atomic E-state index is 0.0285. The molecule has 1 saturated heterocycles. The number of nitrogens with zero attached hydrogens (tertiary/aromatic N) is 1. The zero-order valence-electron chi connectivity index (χ0n) is 10.9. The van der Waals surface area contributed by atoms with Gasteiger partial charge in [-0.3, -0.25) is 9.89 Å². The van der Waals surface area contributed by atoms with Crippen LogP contribution in [0.25, 0.3) is 0 Å². The molecular formula is C13H22N4O. The highest BCUT2D eigenvalue weighted by Crippen LogP contribution is 2.16. The molecule has 5 heteroatoms. The molecule has 2 atom stereocenters. The van der Waals surface area contributed by atoms with Crippen LogP contribution in [0.5, 0.6) is 0 Å². The first kappa shape index (κ1) is 13.1. The molecule has 0 aromatic carbocycles. The van der Waals surface area contributed by atoms with Gasteiger partial charge < -0.3 is 10.6 Å². The maximum absolute atomic E-state index is 11.8. The standard InChI is InChI=1S/C13H22N4O/c1-10(12-8-15-16-9-12)17-13(18)5-4-11-3-2-6-14-7-11/h8-11,14H,2-7H2,1H3,(H,15,16)(H,17,18). The second-order valence-corrected chi connectivity index (χ2v) is 5.07. The van der Waals surface area contributed by atoms with Crippen LogP contribution in [-0.4, -0.2) is 29.2 Å². The zero-order chi connectivity index (χ0) is 12.8. The van der Waals surface area contributed by atoms with Crippen LogP contribution >= 0.6 is 0 Å². The Bertz CT molecular complexity index is 357. The van der Waals surface area contributed by atoms with Crippen LogP contribution < -0.4 is 10.6 Å². The Morgan fingerprint density at radius 3 is 3.22 bits per heavy atom. The van der Waals surface area contributed by atoms with Gasteiger partial charge in [0.15, 0.2) is 0 Å². The number of aromatic amines is 1. The van der Waals surface area contributed by atoms with Gasteiger partial charge in [0.2, 0.25) is 5.91 Å². The van der Waals surface area contributed by atoms with Gasteiger partial charge in [-0.2, -0.15) is 5.10 Å². The maximum atomic E-state index is 11.8. The monoisotopic (exact) mass is 250 g/mol. The highest BCUT2D eigenvalue weighted by atomic mass is 16.1. The SMILES string of the molecule is CC(NC(=O)CCC1CCCNC1)c1cn[nH]c1. The fourth-order valence-electron chi connectivity index (χ4n) is 2.40. The predicted molar refractivity (Wildman–Crippen MR) is 70.0 cm³/mol. The lowest BCUT2D eigenvalue weighted by Gasteiger charge is -2.22. The molecule has 1 aliphatic rings. The van der Waals surface area contributed by atoms with Gasteiger partial charge >= 0.3 is 0 Å². The van der Waals surface area contributed by atoms with Crippen molar-refractivity contribution < 1.29 is 4.79 Å². The summed E-state index contributed by atoms with van der Waals surface area (Å²) in [5.74, 6) is 0.794. The topological polar surface area (TPSA) is 69.8 Å². The number of nitrogens with one attached hydrogen (secondary N) is 3. The summed E-state index contributed by atoms with van der Waals surface area (Å²) in [6, 6.07) is 0.0285. The van der Waals surface area contributed by atoms with E-state index in [2.05, 4.69) is 20.8 Å². The van der Waals surface area contributed by atoms with Gasteiger partial charge in [-0.25, -0.2) is 0 Å². The van der Waals surface area contributed by atoms with Gasteiger partial charge in [0.1, 0.15) is 0 Å². The van der Waals surface area contributed by atoms with E-state index in [1.165, 1.54) is 12.8 Å². The molecule has 1 aromatic rings. The van der Waals surface area contributed by atoms with Gasteiger partial charge in [0, 0.05) is 18.2 Å². The van der Waals surface area contributed by atoms with Gasteiger partial charge in [-0.1, -0.05) is 0 Å². The van der Waals surface area contributed by atoms with Crippen molar-refractivity contribution in [2.24, 2.45) is 5.92 Å². The summed E-state index contributed by atoms with van der Waals surface area (Å²) in [6.07, 6.45) is 7.65. The average Bonchev–Trinajstić information content (AvgIpc) is 2.91. The Morgan fingerprint density at radius 1 is 1.67 bits per heavy atom. The van der Waals surface area contributed by atoms with Crippen LogP contribution in [0.15, 0.2) is 12.4 Å². The van der Waals surface area contributed by atoms with Crippen LogP contribution in [0.3, 0.4) is 0 Å². The van der Waals surface area contributed by atoms with Gasteiger partial charge in [0.25, 0.3) is 0 Å². The van der Waals surface area contributed by atoms with Crippen LogP contribution in [-0.2, 0) is 4.79 Å². The highest BCUT2D eigenvalue weighted by molar-refractivity contribution is 5.76.